The van der Waals surface area contributed by atoms with Crippen LogP contribution in [0, 0.1) is 18.3 Å². The van der Waals surface area contributed by atoms with Crippen LogP contribution in [0.2, 0.25) is 0 Å². The highest BCUT2D eigenvalue weighted by Gasteiger charge is 2.29. The van der Waals surface area contributed by atoms with Crippen molar-refractivity contribution in [2.45, 2.75) is 24.2 Å². The minimum Gasteiger partial charge on any atom is -0.325 e. The van der Waals surface area contributed by atoms with Crippen LogP contribution < -0.4 is 10.6 Å². The Balaban J connectivity index is 1.75. The first-order valence-corrected chi connectivity index (χ1v) is 11.3. The van der Waals surface area contributed by atoms with Crippen LogP contribution in [-0.4, -0.2) is 23.8 Å². The minimum absolute atomic E-state index is 0.104. The highest BCUT2D eigenvalue weighted by molar-refractivity contribution is 8.03. The predicted octanol–water partition coefficient (Wildman–Crippen LogP) is 4.43. The van der Waals surface area contributed by atoms with E-state index in [2.05, 4.69) is 16.7 Å². The van der Waals surface area contributed by atoms with Crippen molar-refractivity contribution in [1.29, 1.82) is 5.26 Å². The van der Waals surface area contributed by atoms with Crippen LogP contribution in [0.1, 0.15) is 23.5 Å². The minimum atomic E-state index is -0.299. The van der Waals surface area contributed by atoms with E-state index in [0.717, 1.165) is 21.7 Å². The van der Waals surface area contributed by atoms with Gasteiger partial charge in [0.1, 0.15) is 0 Å². The van der Waals surface area contributed by atoms with E-state index in [0.29, 0.717) is 10.6 Å². The number of nitrogens with one attached hydrogen (secondary N) is 2. The molecule has 0 fully saturated rings. The average Bonchev–Trinajstić information content (AvgIpc) is 2.73. The second-order valence-corrected chi connectivity index (χ2v) is 8.45. The quantitative estimate of drug-likeness (QED) is 0.672. The Morgan fingerprint density at radius 2 is 1.97 bits per heavy atom. The van der Waals surface area contributed by atoms with Gasteiger partial charge in [0.25, 0.3) is 0 Å². The molecule has 1 atom stereocenters. The van der Waals surface area contributed by atoms with E-state index in [4.69, 9.17) is 0 Å². The van der Waals surface area contributed by atoms with Crippen LogP contribution in [0.3, 0.4) is 0 Å². The SMILES string of the molecule is CSc1ccc([C@@H]2CC(=O)NC(SCC(=O)Nc3ccccc3C)=C2C#N)cc1. The number of aryl methyl sites for hydroxylation is 1. The van der Waals surface area contributed by atoms with Crippen LogP contribution in [0.5, 0.6) is 0 Å². The molecule has 0 radical (unpaired) electrons. The van der Waals surface area contributed by atoms with E-state index < -0.39 is 0 Å². The summed E-state index contributed by atoms with van der Waals surface area (Å²) >= 11 is 2.82. The van der Waals surface area contributed by atoms with Gasteiger partial charge in [-0.2, -0.15) is 5.26 Å². The van der Waals surface area contributed by atoms with Crippen molar-refractivity contribution in [1.82, 2.24) is 5.32 Å². The summed E-state index contributed by atoms with van der Waals surface area (Å²) in [5, 5.41) is 15.8. The molecule has 0 aromatic heterocycles. The number of anilines is 1. The van der Waals surface area contributed by atoms with E-state index in [1.807, 2.05) is 61.7 Å². The second-order valence-electron chi connectivity index (χ2n) is 6.58. The zero-order valence-electron chi connectivity index (χ0n) is 16.2. The Morgan fingerprint density at radius 3 is 2.62 bits per heavy atom. The summed E-state index contributed by atoms with van der Waals surface area (Å²) in [6.07, 6.45) is 2.22. The van der Waals surface area contributed by atoms with Crippen molar-refractivity contribution in [3.05, 3.63) is 70.3 Å². The number of thioether (sulfide) groups is 2. The number of carbonyl (C=O) groups excluding carboxylic acids is 2. The molecule has 2 aromatic rings. The monoisotopic (exact) mass is 423 g/mol. The summed E-state index contributed by atoms with van der Waals surface area (Å²) in [4.78, 5) is 25.7. The molecule has 0 bridgehead atoms. The maximum Gasteiger partial charge on any atom is 0.234 e. The fourth-order valence-electron chi connectivity index (χ4n) is 3.09. The van der Waals surface area contributed by atoms with Crippen LogP contribution in [0.4, 0.5) is 5.69 Å². The Hall–Kier alpha value is -2.69. The van der Waals surface area contributed by atoms with Gasteiger partial charge in [-0.3, -0.25) is 9.59 Å². The van der Waals surface area contributed by atoms with Crippen molar-refractivity contribution in [2.24, 2.45) is 0 Å². The van der Waals surface area contributed by atoms with E-state index in [1.54, 1.807) is 11.8 Å². The third kappa shape index (κ3) is 5.22. The summed E-state index contributed by atoms with van der Waals surface area (Å²) in [6.45, 7) is 1.92. The number of amides is 2. The summed E-state index contributed by atoms with van der Waals surface area (Å²) in [5.74, 6) is -0.529. The van der Waals surface area contributed by atoms with Crippen LogP contribution >= 0.6 is 23.5 Å². The molecule has 1 heterocycles. The molecule has 2 amide bonds. The number of carbonyl (C=O) groups is 2. The summed E-state index contributed by atoms with van der Waals surface area (Å²) < 4.78 is 0. The number of nitrogens with zero attached hydrogens (tertiary/aromatic N) is 1. The lowest BCUT2D eigenvalue weighted by Gasteiger charge is -2.25. The van der Waals surface area contributed by atoms with Gasteiger partial charge < -0.3 is 10.6 Å². The Bertz CT molecular complexity index is 994. The molecular weight excluding hydrogens is 402 g/mol. The number of rotatable bonds is 6. The van der Waals surface area contributed by atoms with Gasteiger partial charge in [0.15, 0.2) is 0 Å². The molecule has 148 valence electrons. The fraction of sp³-hybridized carbons (Fsp3) is 0.227. The predicted molar refractivity (Wildman–Crippen MR) is 119 cm³/mol. The second kappa shape index (κ2) is 9.68. The lowest BCUT2D eigenvalue weighted by Crippen LogP contribution is -2.31. The third-order valence-electron chi connectivity index (χ3n) is 4.64. The molecule has 5 nitrogen and oxygen atoms in total. The first-order chi connectivity index (χ1) is 14.0. The van der Waals surface area contributed by atoms with Gasteiger partial charge in [-0.25, -0.2) is 0 Å². The maximum absolute atomic E-state index is 12.4. The van der Waals surface area contributed by atoms with Crippen molar-refractivity contribution in [3.8, 4) is 6.07 Å². The zero-order valence-corrected chi connectivity index (χ0v) is 17.8. The first kappa shape index (κ1) is 21.0. The van der Waals surface area contributed by atoms with Crippen molar-refractivity contribution in [2.75, 3.05) is 17.3 Å². The van der Waals surface area contributed by atoms with Gasteiger partial charge >= 0.3 is 0 Å². The standard InChI is InChI=1S/C22H21N3O2S2/c1-14-5-3-4-6-19(14)24-21(27)13-29-22-18(12-23)17(11-20(26)25-22)15-7-9-16(28-2)10-8-15/h3-10,17H,11,13H2,1-2H3,(H,24,27)(H,25,26)/t17-/m0/s1. The summed E-state index contributed by atoms with van der Waals surface area (Å²) in [7, 11) is 0. The Kier molecular flexibility index (Phi) is 7.02. The number of hydrogen-bond acceptors (Lipinski definition) is 5. The molecule has 0 saturated heterocycles. The molecule has 0 spiro atoms. The first-order valence-electron chi connectivity index (χ1n) is 9.08. The van der Waals surface area contributed by atoms with E-state index >= 15 is 0 Å². The number of allylic oxidation sites excluding steroid dienone is 1. The molecule has 2 N–H and O–H groups in total. The summed E-state index contributed by atoms with van der Waals surface area (Å²) in [6, 6.07) is 17.7. The van der Waals surface area contributed by atoms with Gasteiger partial charge in [0, 0.05) is 22.9 Å². The fourth-order valence-corrected chi connectivity index (χ4v) is 4.38. The molecule has 0 unspecified atom stereocenters. The van der Waals surface area contributed by atoms with Gasteiger partial charge in [-0.05, 0) is 42.5 Å². The molecular formula is C22H21N3O2S2. The molecule has 3 rings (SSSR count). The van der Waals surface area contributed by atoms with Gasteiger partial charge in [0.05, 0.1) is 22.4 Å². The Labute approximate surface area is 179 Å². The number of benzene rings is 2. The van der Waals surface area contributed by atoms with Crippen molar-refractivity contribution in [3.63, 3.8) is 0 Å². The molecule has 1 aliphatic rings. The third-order valence-corrected chi connectivity index (χ3v) is 6.40. The molecule has 29 heavy (non-hydrogen) atoms. The molecule has 7 heteroatoms. The molecule has 0 saturated carbocycles. The lowest BCUT2D eigenvalue weighted by molar-refractivity contribution is -0.121. The topological polar surface area (TPSA) is 82.0 Å². The van der Waals surface area contributed by atoms with Gasteiger partial charge in [-0.1, -0.05) is 42.1 Å². The smallest absolute Gasteiger partial charge is 0.234 e. The maximum atomic E-state index is 12.4. The highest BCUT2D eigenvalue weighted by atomic mass is 32.2. The van der Waals surface area contributed by atoms with Crippen LogP contribution in [0.15, 0.2) is 64.0 Å². The van der Waals surface area contributed by atoms with Gasteiger partial charge in [-0.15, -0.1) is 11.8 Å². The van der Waals surface area contributed by atoms with Crippen LogP contribution in [0.25, 0.3) is 0 Å². The number of hydrogen-bond donors (Lipinski definition) is 2. The molecule has 1 aliphatic heterocycles. The molecule has 0 aliphatic carbocycles. The van der Waals surface area contributed by atoms with E-state index in [9.17, 15) is 14.9 Å². The lowest BCUT2D eigenvalue weighted by atomic mass is 9.87. The van der Waals surface area contributed by atoms with E-state index in [1.165, 1.54) is 11.8 Å². The van der Waals surface area contributed by atoms with Crippen molar-refractivity contribution < 1.29 is 9.59 Å². The van der Waals surface area contributed by atoms with Crippen molar-refractivity contribution >= 4 is 41.0 Å². The molecule has 2 aromatic carbocycles. The van der Waals surface area contributed by atoms with E-state index in [-0.39, 0.29) is 29.9 Å². The largest absolute Gasteiger partial charge is 0.325 e. The normalized spacial score (nSPS) is 16.2. The zero-order chi connectivity index (χ0) is 20.8. The van der Waals surface area contributed by atoms with Gasteiger partial charge in [0.2, 0.25) is 11.8 Å². The Morgan fingerprint density at radius 1 is 1.24 bits per heavy atom. The number of nitriles is 1. The number of para-hydroxylation sites is 1. The van der Waals surface area contributed by atoms with Crippen LogP contribution in [-0.2, 0) is 9.59 Å². The summed E-state index contributed by atoms with van der Waals surface area (Å²) in [5.41, 5.74) is 3.15. The average molecular weight is 424 g/mol. The highest BCUT2D eigenvalue weighted by Crippen LogP contribution is 2.36.